The van der Waals surface area contributed by atoms with Crippen LogP contribution in [0.5, 0.6) is 0 Å². The van der Waals surface area contributed by atoms with Crippen LogP contribution in [0.2, 0.25) is 0 Å². The van der Waals surface area contributed by atoms with Gasteiger partial charge in [0.05, 0.1) is 16.6 Å². The summed E-state index contributed by atoms with van der Waals surface area (Å²) in [5.74, 6) is 0. The van der Waals surface area contributed by atoms with E-state index in [0.29, 0.717) is 0 Å². The molecule has 0 saturated heterocycles. The van der Waals surface area contributed by atoms with E-state index in [1.54, 1.807) is 0 Å². The normalized spacial score (nSPS) is 12.0. The number of hydrogen-bond donors (Lipinski definition) is 0. The SMILES string of the molecule is Cc1ccc2c3ccccc3c3cc(C)cc4c5cc(C)ccc5n(c5ccccc5c2c1)c34. The summed E-state index contributed by atoms with van der Waals surface area (Å²) in [6.45, 7) is 6.59. The molecule has 0 aliphatic carbocycles. The van der Waals surface area contributed by atoms with E-state index in [0.717, 1.165) is 0 Å². The van der Waals surface area contributed by atoms with E-state index in [1.807, 2.05) is 0 Å². The third-order valence-corrected chi connectivity index (χ3v) is 7.28. The molecule has 1 heteroatoms. The Kier molecular flexibility index (Phi) is 3.96. The molecule has 0 aliphatic rings. The largest absolute Gasteiger partial charge is 0.308 e. The smallest absolute Gasteiger partial charge is 0.0620 e. The molecule has 2 heterocycles. The Morgan fingerprint density at radius 2 is 0.882 bits per heavy atom. The monoisotopic (exact) mass is 435 g/mol. The second-order valence-corrected chi connectivity index (χ2v) is 9.68. The average Bonchev–Trinajstić information content (AvgIpc) is 3.17. The highest BCUT2D eigenvalue weighted by Gasteiger charge is 2.15. The van der Waals surface area contributed by atoms with Gasteiger partial charge in [-0.15, -0.1) is 0 Å². The number of aromatic nitrogens is 1. The molecular weight excluding hydrogens is 410 g/mol. The van der Waals surface area contributed by atoms with Crippen molar-refractivity contribution in [3.63, 3.8) is 0 Å². The van der Waals surface area contributed by atoms with Crippen molar-refractivity contribution in [3.05, 3.63) is 114 Å². The van der Waals surface area contributed by atoms with Crippen molar-refractivity contribution in [1.29, 1.82) is 0 Å². The van der Waals surface area contributed by atoms with Gasteiger partial charge in [0.25, 0.3) is 0 Å². The highest BCUT2D eigenvalue weighted by atomic mass is 14.9. The van der Waals surface area contributed by atoms with Crippen molar-refractivity contribution in [1.82, 2.24) is 4.40 Å². The molecule has 0 N–H and O–H groups in total. The zero-order chi connectivity index (χ0) is 23.0. The highest BCUT2D eigenvalue weighted by molar-refractivity contribution is 6.25. The first-order valence-corrected chi connectivity index (χ1v) is 12.0. The summed E-state index contributed by atoms with van der Waals surface area (Å²) in [6.07, 6.45) is 0. The number of aryl methyl sites for hydroxylation is 3. The van der Waals surface area contributed by atoms with E-state index in [4.69, 9.17) is 0 Å². The maximum Gasteiger partial charge on any atom is 0.0620 e. The van der Waals surface area contributed by atoms with Gasteiger partial charge in [0.15, 0.2) is 0 Å². The lowest BCUT2D eigenvalue weighted by atomic mass is 9.98. The Balaban J connectivity index is 2.02. The third-order valence-electron chi connectivity index (χ3n) is 7.28. The van der Waals surface area contributed by atoms with Gasteiger partial charge in [-0.3, -0.25) is 0 Å². The summed E-state index contributed by atoms with van der Waals surface area (Å²) < 4.78 is 2.50. The number of para-hydroxylation sites is 1. The minimum atomic E-state index is 1.23. The minimum Gasteiger partial charge on any atom is -0.308 e. The van der Waals surface area contributed by atoms with Gasteiger partial charge in [0.2, 0.25) is 0 Å². The zero-order valence-corrected chi connectivity index (χ0v) is 19.7. The molecule has 7 aromatic rings. The fraction of sp³-hybridized carbons (Fsp3) is 0.0909. The summed E-state index contributed by atoms with van der Waals surface area (Å²) in [5, 5.41) is 10.3. The molecule has 162 valence electrons. The van der Waals surface area contributed by atoms with Gasteiger partial charge in [-0.2, -0.15) is 0 Å². The fourth-order valence-corrected chi connectivity index (χ4v) is 5.83. The van der Waals surface area contributed by atoms with Crippen molar-refractivity contribution in [3.8, 4) is 0 Å². The molecule has 0 aliphatic heterocycles. The molecule has 1 nitrogen and oxygen atoms in total. The molecule has 0 amide bonds. The second kappa shape index (κ2) is 6.95. The lowest BCUT2D eigenvalue weighted by Gasteiger charge is -2.05. The van der Waals surface area contributed by atoms with Gasteiger partial charge in [-0.1, -0.05) is 77.9 Å². The molecule has 0 unspecified atom stereocenters. The molecule has 7 rings (SSSR count). The van der Waals surface area contributed by atoms with Gasteiger partial charge in [0.1, 0.15) is 0 Å². The fourth-order valence-electron chi connectivity index (χ4n) is 5.83. The predicted octanol–water partition coefficient (Wildman–Crippen LogP) is 9.19. The number of benzene rings is 5. The van der Waals surface area contributed by atoms with Crippen molar-refractivity contribution in [2.45, 2.75) is 20.8 Å². The summed E-state index contributed by atoms with van der Waals surface area (Å²) >= 11 is 0. The second-order valence-electron chi connectivity index (χ2n) is 9.68. The quantitative estimate of drug-likeness (QED) is 0.224. The van der Waals surface area contributed by atoms with E-state index in [9.17, 15) is 0 Å². The van der Waals surface area contributed by atoms with Crippen molar-refractivity contribution < 1.29 is 0 Å². The van der Waals surface area contributed by atoms with Crippen molar-refractivity contribution in [2.75, 3.05) is 0 Å². The molecule has 0 saturated carbocycles. The standard InChI is InChI=1S/C33H25N/c1-20-12-14-25-23-8-4-5-9-24(23)29-18-22(3)19-30-28-17-21(2)13-15-32(28)34(33(29)30)31-11-7-6-10-26(31)27(25)16-20/h4-19H,1-3H3. The average molecular weight is 436 g/mol. The summed E-state index contributed by atoms with van der Waals surface area (Å²) in [6, 6.07) is 36.3. The van der Waals surface area contributed by atoms with E-state index in [2.05, 4.69) is 122 Å². The Labute approximate surface area is 198 Å². The van der Waals surface area contributed by atoms with Crippen LogP contribution in [0.3, 0.4) is 0 Å². The lowest BCUT2D eigenvalue weighted by molar-refractivity contribution is 1.35. The lowest BCUT2D eigenvalue weighted by Crippen LogP contribution is -1.87. The first-order valence-electron chi connectivity index (χ1n) is 12.0. The topological polar surface area (TPSA) is 4.41 Å². The van der Waals surface area contributed by atoms with Gasteiger partial charge in [0, 0.05) is 21.5 Å². The van der Waals surface area contributed by atoms with Gasteiger partial charge < -0.3 is 4.40 Å². The Bertz CT molecular complexity index is 1990. The van der Waals surface area contributed by atoms with Crippen LogP contribution in [0.15, 0.2) is 97.1 Å². The summed E-state index contributed by atoms with van der Waals surface area (Å²) in [5.41, 5.74) is 7.63. The van der Waals surface area contributed by atoms with Crippen LogP contribution in [-0.4, -0.2) is 4.40 Å². The van der Waals surface area contributed by atoms with E-state index < -0.39 is 0 Å². The summed E-state index contributed by atoms with van der Waals surface area (Å²) in [4.78, 5) is 0. The van der Waals surface area contributed by atoms with Crippen LogP contribution >= 0.6 is 0 Å². The first-order chi connectivity index (χ1) is 16.6. The molecule has 5 aromatic carbocycles. The van der Waals surface area contributed by atoms with Crippen molar-refractivity contribution in [2.24, 2.45) is 0 Å². The van der Waals surface area contributed by atoms with E-state index in [1.165, 1.54) is 76.3 Å². The van der Waals surface area contributed by atoms with Crippen LogP contribution in [0.25, 0.3) is 59.6 Å². The number of rotatable bonds is 0. The molecule has 0 radical (unpaired) electrons. The Morgan fingerprint density at radius 1 is 0.382 bits per heavy atom. The minimum absolute atomic E-state index is 1.23. The highest BCUT2D eigenvalue weighted by Crippen LogP contribution is 2.39. The first kappa shape index (κ1) is 19.4. The predicted molar refractivity (Wildman–Crippen MR) is 148 cm³/mol. The van der Waals surface area contributed by atoms with Crippen LogP contribution in [0, 0.1) is 20.8 Å². The van der Waals surface area contributed by atoms with Crippen LogP contribution < -0.4 is 0 Å². The van der Waals surface area contributed by atoms with E-state index >= 15 is 0 Å². The molecule has 0 fully saturated rings. The maximum absolute atomic E-state index is 2.50. The molecular formula is C33H25N. The van der Waals surface area contributed by atoms with Gasteiger partial charge >= 0.3 is 0 Å². The number of hydrogen-bond acceptors (Lipinski definition) is 0. The molecule has 0 bridgehead atoms. The summed E-state index contributed by atoms with van der Waals surface area (Å²) in [7, 11) is 0. The number of fused-ring (bicyclic) bond motifs is 10. The van der Waals surface area contributed by atoms with E-state index in [-0.39, 0.29) is 0 Å². The van der Waals surface area contributed by atoms with Gasteiger partial charge in [-0.05, 0) is 78.2 Å². The van der Waals surface area contributed by atoms with Crippen LogP contribution in [0.4, 0.5) is 0 Å². The van der Waals surface area contributed by atoms with Crippen molar-refractivity contribution >= 4 is 59.6 Å². The van der Waals surface area contributed by atoms with Crippen LogP contribution in [0.1, 0.15) is 16.7 Å². The molecule has 34 heavy (non-hydrogen) atoms. The molecule has 0 spiro atoms. The Morgan fingerprint density at radius 3 is 1.65 bits per heavy atom. The number of nitrogens with zero attached hydrogens (tertiary/aromatic N) is 1. The molecule has 0 atom stereocenters. The molecule has 2 aromatic heterocycles. The Hall–Kier alpha value is -4.10. The third kappa shape index (κ3) is 2.61. The zero-order valence-electron chi connectivity index (χ0n) is 19.7. The van der Waals surface area contributed by atoms with Gasteiger partial charge in [-0.25, -0.2) is 0 Å². The van der Waals surface area contributed by atoms with Crippen LogP contribution in [-0.2, 0) is 0 Å². The maximum atomic E-state index is 2.50.